The zero-order valence-electron chi connectivity index (χ0n) is 28.7. The van der Waals surface area contributed by atoms with Gasteiger partial charge in [-0.25, -0.2) is 9.78 Å². The van der Waals surface area contributed by atoms with Crippen molar-refractivity contribution in [2.45, 2.75) is 32.5 Å². The first-order chi connectivity index (χ1) is 24.5. The van der Waals surface area contributed by atoms with Gasteiger partial charge in [0.15, 0.2) is 0 Å². The van der Waals surface area contributed by atoms with E-state index in [0.29, 0.717) is 44.3 Å². The van der Waals surface area contributed by atoms with Gasteiger partial charge in [-0.1, -0.05) is 78.9 Å². The lowest BCUT2D eigenvalue weighted by Crippen LogP contribution is -2.39. The maximum atomic E-state index is 13.8. The number of aromatic nitrogens is 3. The molecule has 6 aromatic rings. The number of fused-ring (bicyclic) bond motifs is 2. The summed E-state index contributed by atoms with van der Waals surface area (Å²) in [4.78, 5) is 34.7. The summed E-state index contributed by atoms with van der Waals surface area (Å²) in [5.41, 5.74) is 4.64. The minimum atomic E-state index is -0.257. The summed E-state index contributed by atoms with van der Waals surface area (Å²) >= 11 is 0. The van der Waals surface area contributed by atoms with Crippen LogP contribution in [0, 0.1) is 5.92 Å². The highest BCUT2D eigenvalue weighted by Gasteiger charge is 2.25. The Kier molecular flexibility index (Phi) is 9.93. The van der Waals surface area contributed by atoms with Crippen LogP contribution in [0.2, 0.25) is 0 Å². The van der Waals surface area contributed by atoms with E-state index in [2.05, 4.69) is 68.8 Å². The van der Waals surface area contributed by atoms with Crippen LogP contribution in [0.15, 0.2) is 110 Å². The normalized spacial score (nSPS) is 13.6. The van der Waals surface area contributed by atoms with Crippen LogP contribution in [0.4, 0.5) is 4.79 Å². The number of likely N-dealkylation sites (N-methyl/N-ethyl adjacent to an activating group) is 1. The minimum absolute atomic E-state index is 0.0419. The number of imidazole rings is 1. The van der Waals surface area contributed by atoms with Crippen LogP contribution in [-0.4, -0.2) is 76.3 Å². The number of carbonyl (C=O) groups is 2. The zero-order chi connectivity index (χ0) is 34.5. The number of rotatable bonds is 11. The number of amides is 2. The van der Waals surface area contributed by atoms with Crippen LogP contribution < -0.4 is 0 Å². The monoisotopic (exact) mass is 669 g/mol. The first-order valence-corrected chi connectivity index (χ1v) is 17.3. The Morgan fingerprint density at radius 3 is 2.46 bits per heavy atom. The second-order valence-electron chi connectivity index (χ2n) is 13.2. The van der Waals surface area contributed by atoms with Gasteiger partial charge in [0, 0.05) is 64.5 Å². The topological polar surface area (TPSA) is 81.8 Å². The Balaban J connectivity index is 1.01. The molecule has 256 valence electrons. The fraction of sp³-hybridized carbons (Fsp3) is 0.293. The lowest BCUT2D eigenvalue weighted by atomic mass is 9.97. The van der Waals surface area contributed by atoms with Gasteiger partial charge >= 0.3 is 6.09 Å². The van der Waals surface area contributed by atoms with Gasteiger partial charge in [-0.3, -0.25) is 4.79 Å². The molecule has 1 aliphatic heterocycles. The minimum Gasteiger partial charge on any atom is -0.445 e. The van der Waals surface area contributed by atoms with E-state index in [1.807, 2.05) is 67.1 Å². The number of likely N-dealkylation sites (tertiary alicyclic amines) is 1. The molecule has 50 heavy (non-hydrogen) atoms. The van der Waals surface area contributed by atoms with Crippen molar-refractivity contribution in [1.29, 1.82) is 0 Å². The highest BCUT2D eigenvalue weighted by Crippen LogP contribution is 2.33. The standard InChI is InChI=1S/C41H43N5O4/c1-43(20-21-49-2)40(47)39-27-44(26-38(39)37-13-7-11-33-9-5-6-12-36(33)37)25-35-23-42-29-46(35)24-30-16-18-45(19-17-30)41(48)50-28-31-14-15-32-8-3-4-10-34(32)22-31/h3-15,22-23,26-27,29-30H,16-21,24-25,28H2,1-2H3. The number of hydrogen-bond donors (Lipinski definition) is 0. The van der Waals surface area contributed by atoms with Crippen molar-refractivity contribution in [2.24, 2.45) is 5.92 Å². The average Bonchev–Trinajstić information content (AvgIpc) is 3.79. The molecule has 1 saturated heterocycles. The quantitative estimate of drug-likeness (QED) is 0.143. The molecule has 0 unspecified atom stereocenters. The maximum Gasteiger partial charge on any atom is 0.410 e. The molecule has 4 aromatic carbocycles. The van der Waals surface area contributed by atoms with Crippen molar-refractivity contribution < 1.29 is 19.1 Å². The highest BCUT2D eigenvalue weighted by molar-refractivity contribution is 6.06. The molecule has 9 nitrogen and oxygen atoms in total. The van der Waals surface area contributed by atoms with Gasteiger partial charge in [-0.2, -0.15) is 0 Å². The molecule has 1 fully saturated rings. The van der Waals surface area contributed by atoms with Gasteiger partial charge in [0.1, 0.15) is 6.61 Å². The summed E-state index contributed by atoms with van der Waals surface area (Å²) in [5, 5.41) is 4.55. The molecular weight excluding hydrogens is 626 g/mol. The number of ether oxygens (including phenoxy) is 2. The van der Waals surface area contributed by atoms with Crippen molar-refractivity contribution in [2.75, 3.05) is 40.4 Å². The van der Waals surface area contributed by atoms with E-state index in [1.165, 1.54) is 5.39 Å². The van der Waals surface area contributed by atoms with Gasteiger partial charge in [-0.05, 0) is 57.5 Å². The van der Waals surface area contributed by atoms with Gasteiger partial charge in [-0.15, -0.1) is 0 Å². The number of carbonyl (C=O) groups excluding carboxylic acids is 2. The van der Waals surface area contributed by atoms with Crippen molar-refractivity contribution in [3.8, 4) is 11.1 Å². The SMILES string of the molecule is COCCN(C)C(=O)c1cn(Cc2cncn2CC2CCN(C(=O)OCc3ccc4ccccc4c3)CC2)cc1-c1cccc2ccccc12. The molecule has 2 amide bonds. The Morgan fingerprint density at radius 1 is 0.880 bits per heavy atom. The Bertz CT molecular complexity index is 2100. The number of benzene rings is 4. The Labute approximate surface area is 292 Å². The molecule has 0 N–H and O–H groups in total. The van der Waals surface area contributed by atoms with Crippen molar-refractivity contribution >= 4 is 33.5 Å². The summed E-state index contributed by atoms with van der Waals surface area (Å²) in [7, 11) is 3.46. The first-order valence-electron chi connectivity index (χ1n) is 17.3. The summed E-state index contributed by atoms with van der Waals surface area (Å²) in [5.74, 6) is 0.370. The summed E-state index contributed by atoms with van der Waals surface area (Å²) in [6, 6.07) is 28.9. The van der Waals surface area contributed by atoms with Gasteiger partial charge < -0.3 is 28.4 Å². The second kappa shape index (κ2) is 15.0. The van der Waals surface area contributed by atoms with Gasteiger partial charge in [0.25, 0.3) is 5.91 Å². The number of methoxy groups -OCH3 is 1. The summed E-state index contributed by atoms with van der Waals surface area (Å²) < 4.78 is 15.2. The van der Waals surface area contributed by atoms with Crippen molar-refractivity contribution in [3.63, 3.8) is 0 Å². The fourth-order valence-electron chi connectivity index (χ4n) is 6.95. The van der Waals surface area contributed by atoms with Gasteiger partial charge in [0.2, 0.25) is 0 Å². The third-order valence-corrected chi connectivity index (χ3v) is 9.81. The zero-order valence-corrected chi connectivity index (χ0v) is 28.7. The molecule has 0 atom stereocenters. The molecule has 0 saturated carbocycles. The molecule has 0 radical (unpaired) electrons. The van der Waals surface area contributed by atoms with Crippen molar-refractivity contribution in [1.82, 2.24) is 23.9 Å². The van der Waals surface area contributed by atoms with Crippen LogP contribution >= 0.6 is 0 Å². The maximum absolute atomic E-state index is 13.8. The molecule has 7 rings (SSSR count). The van der Waals surface area contributed by atoms with Crippen LogP contribution in [0.1, 0.15) is 34.5 Å². The molecule has 9 heteroatoms. The van der Waals surface area contributed by atoms with Crippen LogP contribution in [-0.2, 0) is 29.2 Å². The van der Waals surface area contributed by atoms with E-state index in [4.69, 9.17) is 9.47 Å². The Morgan fingerprint density at radius 2 is 1.64 bits per heavy atom. The fourth-order valence-corrected chi connectivity index (χ4v) is 6.95. The molecule has 0 bridgehead atoms. The third kappa shape index (κ3) is 7.28. The van der Waals surface area contributed by atoms with E-state index in [9.17, 15) is 9.59 Å². The highest BCUT2D eigenvalue weighted by atomic mass is 16.6. The molecule has 2 aromatic heterocycles. The van der Waals surface area contributed by atoms with E-state index in [0.717, 1.165) is 57.9 Å². The summed E-state index contributed by atoms with van der Waals surface area (Å²) in [6.07, 6.45) is 9.37. The largest absolute Gasteiger partial charge is 0.445 e. The lowest BCUT2D eigenvalue weighted by Gasteiger charge is -2.31. The number of nitrogens with zero attached hydrogens (tertiary/aromatic N) is 5. The molecule has 0 aliphatic carbocycles. The van der Waals surface area contributed by atoms with E-state index in [-0.39, 0.29) is 18.6 Å². The molecule has 3 heterocycles. The summed E-state index contributed by atoms with van der Waals surface area (Å²) in [6.45, 7) is 3.96. The van der Waals surface area contributed by atoms with Crippen LogP contribution in [0.25, 0.3) is 32.7 Å². The second-order valence-corrected chi connectivity index (χ2v) is 13.2. The van der Waals surface area contributed by atoms with E-state index >= 15 is 0 Å². The third-order valence-electron chi connectivity index (χ3n) is 9.81. The number of hydrogen-bond acceptors (Lipinski definition) is 5. The Hall–Kier alpha value is -5.41. The smallest absolute Gasteiger partial charge is 0.410 e. The predicted octanol–water partition coefficient (Wildman–Crippen LogP) is 7.47. The van der Waals surface area contributed by atoms with E-state index < -0.39 is 0 Å². The lowest BCUT2D eigenvalue weighted by molar-refractivity contribution is 0.0744. The van der Waals surface area contributed by atoms with Crippen molar-refractivity contribution in [3.05, 3.63) is 127 Å². The molecular formula is C41H43N5O4. The number of piperidine rings is 1. The predicted molar refractivity (Wildman–Crippen MR) is 196 cm³/mol. The van der Waals surface area contributed by atoms with Crippen LogP contribution in [0.3, 0.4) is 0 Å². The first kappa shape index (κ1) is 33.1. The average molecular weight is 670 g/mol. The molecule has 1 aliphatic rings. The van der Waals surface area contributed by atoms with E-state index in [1.54, 1.807) is 12.0 Å². The van der Waals surface area contributed by atoms with Crippen LogP contribution in [0.5, 0.6) is 0 Å². The molecule has 0 spiro atoms. The van der Waals surface area contributed by atoms with Gasteiger partial charge in [0.05, 0.1) is 30.7 Å².